The highest BCUT2D eigenvalue weighted by atomic mass is 28.3. The predicted molar refractivity (Wildman–Crippen MR) is 246 cm³/mol. The third-order valence-corrected chi connectivity index (χ3v) is 14.4. The van der Waals surface area contributed by atoms with Crippen LogP contribution in [0.4, 0.5) is 0 Å². The molecule has 0 radical (unpaired) electrons. The van der Waals surface area contributed by atoms with Crippen molar-refractivity contribution in [1.29, 1.82) is 0 Å². The Morgan fingerprint density at radius 1 is 0.305 bits per heavy atom. The highest BCUT2D eigenvalue weighted by Gasteiger charge is 2.51. The first-order valence-corrected chi connectivity index (χ1v) is 23.9. The van der Waals surface area contributed by atoms with Gasteiger partial charge in [0, 0.05) is 16.7 Å². The lowest BCUT2D eigenvalue weighted by molar-refractivity contribution is 0.794. The second-order valence-corrected chi connectivity index (χ2v) is 21.9. The van der Waals surface area contributed by atoms with E-state index in [1.807, 2.05) is 18.2 Å². The monoisotopic (exact) mass is 771 g/mol. The van der Waals surface area contributed by atoms with E-state index in [4.69, 9.17) is 15.0 Å². The lowest BCUT2D eigenvalue weighted by Crippen LogP contribution is -2.37. The summed E-state index contributed by atoms with van der Waals surface area (Å²) in [4.78, 5) is 15.2. The van der Waals surface area contributed by atoms with Crippen LogP contribution in [0.25, 0.3) is 78.7 Å². The third-order valence-electron chi connectivity index (χ3n) is 12.3. The molecule has 8 aromatic carbocycles. The Bertz CT molecular complexity index is 3020. The Balaban J connectivity index is 1.00. The number of aromatic nitrogens is 3. The van der Waals surface area contributed by atoms with E-state index in [2.05, 4.69) is 196 Å². The van der Waals surface area contributed by atoms with Crippen molar-refractivity contribution in [1.82, 2.24) is 15.0 Å². The van der Waals surface area contributed by atoms with Gasteiger partial charge in [0.25, 0.3) is 0 Å². The Hall–Kier alpha value is -7.01. The standard InChI is InChI=1S/C55H41N3Si/c1-59(2,3)43-30-27-37(28-31-43)53-56-52(36-15-5-4-6-16-36)57-54(58-53)42-20-14-19-40(34-42)38-17-13-18-39(33-38)41-29-32-47-46-23-9-12-26-50(46)55(51(47)35-41)48-24-10-7-21-44(48)45-22-8-11-25-49(45)55/h4-35H,1-3H3. The van der Waals surface area contributed by atoms with Crippen molar-refractivity contribution in [3.63, 3.8) is 0 Å². The molecule has 2 aliphatic rings. The topological polar surface area (TPSA) is 38.7 Å². The Morgan fingerprint density at radius 2 is 0.678 bits per heavy atom. The minimum Gasteiger partial charge on any atom is -0.208 e. The van der Waals surface area contributed by atoms with Crippen molar-refractivity contribution in [2.24, 2.45) is 0 Å². The molecular weight excluding hydrogens is 731 g/mol. The average molecular weight is 772 g/mol. The summed E-state index contributed by atoms with van der Waals surface area (Å²) in [5.41, 5.74) is 17.8. The number of nitrogens with zero attached hydrogens (tertiary/aromatic N) is 3. The molecule has 2 aliphatic carbocycles. The summed E-state index contributed by atoms with van der Waals surface area (Å²) in [7, 11) is -1.45. The maximum atomic E-state index is 5.10. The SMILES string of the molecule is C[Si](C)(C)c1ccc(-c2nc(-c3ccccc3)nc(-c3cccc(-c4cccc(-c5ccc6c(c5)C5(c7ccccc7-c7ccccc75)c5ccccc5-6)c4)c3)n2)cc1. The average Bonchev–Trinajstić information content (AvgIpc) is 3.76. The number of benzene rings is 8. The van der Waals surface area contributed by atoms with Crippen LogP contribution in [-0.4, -0.2) is 23.0 Å². The van der Waals surface area contributed by atoms with Gasteiger partial charge in [0.05, 0.1) is 13.5 Å². The summed E-state index contributed by atoms with van der Waals surface area (Å²) in [6.07, 6.45) is 0. The number of fused-ring (bicyclic) bond motifs is 10. The van der Waals surface area contributed by atoms with Crippen LogP contribution in [0.1, 0.15) is 22.3 Å². The van der Waals surface area contributed by atoms with Gasteiger partial charge < -0.3 is 0 Å². The molecule has 0 bridgehead atoms. The molecule has 11 rings (SSSR count). The zero-order valence-corrected chi connectivity index (χ0v) is 34.3. The quantitative estimate of drug-likeness (QED) is 0.158. The molecule has 0 saturated carbocycles. The Morgan fingerprint density at radius 3 is 1.20 bits per heavy atom. The molecule has 1 spiro atoms. The minimum absolute atomic E-state index is 0.376. The highest BCUT2D eigenvalue weighted by Crippen LogP contribution is 2.63. The molecule has 0 fully saturated rings. The first-order valence-electron chi connectivity index (χ1n) is 20.4. The summed E-state index contributed by atoms with van der Waals surface area (Å²) in [6.45, 7) is 7.11. The fraction of sp³-hybridized carbons (Fsp3) is 0.0727. The third kappa shape index (κ3) is 5.66. The van der Waals surface area contributed by atoms with Crippen molar-refractivity contribution in [2.45, 2.75) is 25.1 Å². The second kappa shape index (κ2) is 13.5. The molecule has 0 amide bonds. The van der Waals surface area contributed by atoms with Gasteiger partial charge in [0.2, 0.25) is 0 Å². The van der Waals surface area contributed by atoms with Crippen LogP contribution in [0.2, 0.25) is 19.6 Å². The molecule has 0 atom stereocenters. The van der Waals surface area contributed by atoms with E-state index in [0.29, 0.717) is 17.5 Å². The Labute approximate surface area is 346 Å². The first-order chi connectivity index (χ1) is 28.9. The fourth-order valence-electron chi connectivity index (χ4n) is 9.46. The summed E-state index contributed by atoms with van der Waals surface area (Å²) in [5.74, 6) is 1.99. The van der Waals surface area contributed by atoms with E-state index < -0.39 is 8.07 Å². The molecule has 0 saturated heterocycles. The van der Waals surface area contributed by atoms with Gasteiger partial charge in [-0.1, -0.05) is 201 Å². The molecule has 280 valence electrons. The molecule has 0 N–H and O–H groups in total. The van der Waals surface area contributed by atoms with Gasteiger partial charge in [-0.25, -0.2) is 15.0 Å². The van der Waals surface area contributed by atoms with Crippen molar-refractivity contribution < 1.29 is 0 Å². The van der Waals surface area contributed by atoms with Gasteiger partial charge in [-0.15, -0.1) is 0 Å². The molecular formula is C55H41N3Si. The number of hydrogen-bond acceptors (Lipinski definition) is 3. The lowest BCUT2D eigenvalue weighted by Gasteiger charge is -2.30. The van der Waals surface area contributed by atoms with Crippen LogP contribution in [-0.2, 0) is 5.41 Å². The first kappa shape index (κ1) is 35.2. The van der Waals surface area contributed by atoms with Crippen LogP contribution >= 0.6 is 0 Å². The predicted octanol–water partition coefficient (Wildman–Crippen LogP) is 13.1. The second-order valence-electron chi connectivity index (χ2n) is 16.8. The van der Waals surface area contributed by atoms with Crippen molar-refractivity contribution in [2.75, 3.05) is 0 Å². The van der Waals surface area contributed by atoms with E-state index in [1.54, 1.807) is 0 Å². The van der Waals surface area contributed by atoms with E-state index in [1.165, 1.54) is 60.8 Å². The molecule has 9 aromatic rings. The van der Waals surface area contributed by atoms with Gasteiger partial charge in [0.1, 0.15) is 0 Å². The molecule has 3 nitrogen and oxygen atoms in total. The van der Waals surface area contributed by atoms with Crippen molar-refractivity contribution >= 4 is 13.3 Å². The summed E-state index contributed by atoms with van der Waals surface area (Å²) < 4.78 is 0. The maximum absolute atomic E-state index is 5.10. The zero-order chi connectivity index (χ0) is 39.7. The molecule has 1 aromatic heterocycles. The zero-order valence-electron chi connectivity index (χ0n) is 33.3. The molecule has 0 aliphatic heterocycles. The normalized spacial score (nSPS) is 13.1. The van der Waals surface area contributed by atoms with Crippen LogP contribution < -0.4 is 5.19 Å². The number of rotatable bonds is 6. The summed E-state index contributed by atoms with van der Waals surface area (Å²) >= 11 is 0. The number of hydrogen-bond donors (Lipinski definition) is 0. The van der Waals surface area contributed by atoms with E-state index in [-0.39, 0.29) is 5.41 Å². The molecule has 4 heteroatoms. The van der Waals surface area contributed by atoms with Crippen molar-refractivity contribution in [3.05, 3.63) is 216 Å². The smallest absolute Gasteiger partial charge is 0.164 e. The lowest BCUT2D eigenvalue weighted by atomic mass is 9.70. The largest absolute Gasteiger partial charge is 0.208 e. The van der Waals surface area contributed by atoms with Gasteiger partial charge in [-0.3, -0.25) is 0 Å². The van der Waals surface area contributed by atoms with Gasteiger partial charge in [-0.2, -0.15) is 0 Å². The fourth-order valence-corrected chi connectivity index (χ4v) is 10.6. The molecule has 59 heavy (non-hydrogen) atoms. The van der Waals surface area contributed by atoms with Gasteiger partial charge in [0.15, 0.2) is 17.5 Å². The summed E-state index contributed by atoms with van der Waals surface area (Å²) in [6, 6.07) is 70.6. The molecule has 1 heterocycles. The van der Waals surface area contributed by atoms with Crippen LogP contribution in [0.5, 0.6) is 0 Å². The molecule has 0 unspecified atom stereocenters. The summed E-state index contributed by atoms with van der Waals surface area (Å²) in [5, 5.41) is 1.41. The Kier molecular flexibility index (Phi) is 8.07. The van der Waals surface area contributed by atoms with E-state index >= 15 is 0 Å². The van der Waals surface area contributed by atoms with Crippen molar-refractivity contribution in [3.8, 4) is 78.7 Å². The van der Waals surface area contributed by atoms with E-state index in [9.17, 15) is 0 Å². The van der Waals surface area contributed by atoms with Gasteiger partial charge >= 0.3 is 0 Å². The van der Waals surface area contributed by atoms with Gasteiger partial charge in [-0.05, 0) is 85.0 Å². The minimum atomic E-state index is -1.45. The van der Waals surface area contributed by atoms with Crippen LogP contribution in [0, 0.1) is 0 Å². The van der Waals surface area contributed by atoms with E-state index in [0.717, 1.165) is 27.8 Å². The van der Waals surface area contributed by atoms with Crippen LogP contribution in [0.3, 0.4) is 0 Å². The van der Waals surface area contributed by atoms with Crippen LogP contribution in [0.15, 0.2) is 194 Å². The maximum Gasteiger partial charge on any atom is 0.164 e. The highest BCUT2D eigenvalue weighted by molar-refractivity contribution is 6.88.